The normalized spacial score (nSPS) is 26.9. The van der Waals surface area contributed by atoms with Gasteiger partial charge in [-0.3, -0.25) is 9.59 Å². The summed E-state index contributed by atoms with van der Waals surface area (Å²) >= 11 is 5.15. The minimum Gasteiger partial charge on any atom is -0.481 e. The summed E-state index contributed by atoms with van der Waals surface area (Å²) in [5.41, 5.74) is 0.759. The van der Waals surface area contributed by atoms with E-state index in [0.29, 0.717) is 18.8 Å². The molecule has 1 aromatic heterocycles. The van der Waals surface area contributed by atoms with Crippen LogP contribution in [0.1, 0.15) is 41.2 Å². The van der Waals surface area contributed by atoms with Crippen LogP contribution in [0.3, 0.4) is 0 Å². The number of amides is 1. The highest BCUT2D eigenvalue weighted by Gasteiger charge is 2.48. The Balaban J connectivity index is 1.46. The van der Waals surface area contributed by atoms with Gasteiger partial charge in [0.2, 0.25) is 5.91 Å². The van der Waals surface area contributed by atoms with Crippen LogP contribution < -0.4 is 5.32 Å². The van der Waals surface area contributed by atoms with Gasteiger partial charge >= 0.3 is 5.97 Å². The average Bonchev–Trinajstić information content (AvgIpc) is 3.02. The second-order valence-corrected chi connectivity index (χ2v) is 9.37. The lowest BCUT2D eigenvalue weighted by Gasteiger charge is -2.25. The fourth-order valence-corrected chi connectivity index (χ4v) is 5.50. The molecule has 1 fully saturated rings. The Morgan fingerprint density at radius 2 is 2.08 bits per heavy atom. The van der Waals surface area contributed by atoms with Crippen LogP contribution >= 0.6 is 27.3 Å². The van der Waals surface area contributed by atoms with E-state index in [0.717, 1.165) is 21.3 Å². The molecule has 1 heterocycles. The number of aryl methyl sites for hydroxylation is 1. The fourth-order valence-electron chi connectivity index (χ4n) is 3.90. The first-order chi connectivity index (χ1) is 12.0. The summed E-state index contributed by atoms with van der Waals surface area (Å²) in [7, 11) is 0. The van der Waals surface area contributed by atoms with E-state index < -0.39 is 11.4 Å². The van der Waals surface area contributed by atoms with Gasteiger partial charge in [-0.15, -0.1) is 11.3 Å². The number of halogens is 1. The Morgan fingerprint density at radius 3 is 2.80 bits per heavy atom. The highest BCUT2D eigenvalue weighted by Crippen LogP contribution is 2.46. The van der Waals surface area contributed by atoms with Crippen molar-refractivity contribution in [3.8, 4) is 0 Å². The molecular formula is C19H18BrNO3S. The third-order valence-corrected chi connectivity index (χ3v) is 7.08. The molecule has 6 heteroatoms. The topological polar surface area (TPSA) is 66.4 Å². The third kappa shape index (κ3) is 3.02. The van der Waals surface area contributed by atoms with E-state index in [9.17, 15) is 14.7 Å². The molecule has 2 N–H and O–H groups in total. The second kappa shape index (κ2) is 6.25. The van der Waals surface area contributed by atoms with E-state index in [1.165, 1.54) is 4.88 Å². The number of carboxylic acids is 1. The number of carbonyl (C=O) groups is 2. The maximum atomic E-state index is 12.6. The number of fused-ring (bicyclic) bond motifs is 1. The number of aliphatic carboxylic acids is 1. The largest absolute Gasteiger partial charge is 0.481 e. The van der Waals surface area contributed by atoms with Crippen molar-refractivity contribution in [1.29, 1.82) is 0 Å². The first-order valence-electron chi connectivity index (χ1n) is 8.36. The maximum absolute atomic E-state index is 12.6. The van der Waals surface area contributed by atoms with Gasteiger partial charge in [0, 0.05) is 23.3 Å². The molecule has 1 aromatic carbocycles. The zero-order valence-electron chi connectivity index (χ0n) is 13.5. The molecule has 2 aliphatic rings. The molecule has 0 radical (unpaired) electrons. The van der Waals surface area contributed by atoms with Gasteiger partial charge in [0.1, 0.15) is 5.41 Å². The van der Waals surface area contributed by atoms with Crippen LogP contribution in [0.2, 0.25) is 0 Å². The van der Waals surface area contributed by atoms with Gasteiger partial charge in [-0.25, -0.2) is 0 Å². The molecule has 2 aromatic rings. The molecule has 4 rings (SSSR count). The van der Waals surface area contributed by atoms with Crippen molar-refractivity contribution in [2.45, 2.75) is 43.1 Å². The average molecular weight is 420 g/mol. The maximum Gasteiger partial charge on any atom is 0.314 e. The smallest absolute Gasteiger partial charge is 0.314 e. The first kappa shape index (κ1) is 16.8. The summed E-state index contributed by atoms with van der Waals surface area (Å²) in [5.74, 6) is -0.707. The zero-order chi connectivity index (χ0) is 17.6. The van der Waals surface area contributed by atoms with E-state index >= 15 is 0 Å². The summed E-state index contributed by atoms with van der Waals surface area (Å²) in [4.78, 5) is 25.9. The van der Waals surface area contributed by atoms with Crippen LogP contribution in [0, 0.1) is 0 Å². The quantitative estimate of drug-likeness (QED) is 0.773. The van der Waals surface area contributed by atoms with Gasteiger partial charge in [-0.2, -0.15) is 0 Å². The molecule has 2 aliphatic carbocycles. The lowest BCUT2D eigenvalue weighted by Crippen LogP contribution is -2.40. The number of hydrogen-bond donors (Lipinski definition) is 2. The molecule has 25 heavy (non-hydrogen) atoms. The van der Waals surface area contributed by atoms with Gasteiger partial charge in [0.05, 0.1) is 3.79 Å². The van der Waals surface area contributed by atoms with E-state index in [4.69, 9.17) is 0 Å². The Kier molecular flexibility index (Phi) is 4.20. The van der Waals surface area contributed by atoms with Crippen LogP contribution in [-0.4, -0.2) is 23.0 Å². The van der Waals surface area contributed by atoms with E-state index in [1.54, 1.807) is 11.3 Å². The molecule has 0 bridgehead atoms. The molecule has 0 spiro atoms. The standard InChI is InChI=1S/C19H18BrNO3S/c20-16-6-5-15(25-16)12-9-14(12)21-17(22)10-19(18(23)24)8-7-11-3-1-2-4-13(11)19/h1-6,12,14H,7-10H2,(H,21,22)(H,23,24)/t12-,14-,19?/m1/s1. The molecule has 0 saturated heterocycles. The van der Waals surface area contributed by atoms with Gasteiger partial charge in [-0.05, 0) is 58.5 Å². The van der Waals surface area contributed by atoms with Crippen molar-refractivity contribution in [2.24, 2.45) is 0 Å². The lowest BCUT2D eigenvalue weighted by atomic mass is 9.78. The summed E-state index contributed by atoms with van der Waals surface area (Å²) < 4.78 is 1.09. The second-order valence-electron chi connectivity index (χ2n) is 6.88. The molecule has 1 unspecified atom stereocenters. The molecule has 3 atom stereocenters. The Morgan fingerprint density at radius 1 is 1.28 bits per heavy atom. The third-order valence-electron chi connectivity index (χ3n) is 5.32. The number of rotatable bonds is 5. The molecule has 130 valence electrons. The fraction of sp³-hybridized carbons (Fsp3) is 0.368. The summed E-state index contributed by atoms with van der Waals surface area (Å²) in [6.45, 7) is 0. The molecule has 1 amide bonds. The minimum absolute atomic E-state index is 0.0106. The number of nitrogens with one attached hydrogen (secondary N) is 1. The predicted octanol–water partition coefficient (Wildman–Crippen LogP) is 3.84. The predicted molar refractivity (Wildman–Crippen MR) is 100 cm³/mol. The van der Waals surface area contributed by atoms with E-state index in [1.807, 2.05) is 30.3 Å². The molecule has 4 nitrogen and oxygen atoms in total. The van der Waals surface area contributed by atoms with Gasteiger partial charge in [-0.1, -0.05) is 24.3 Å². The van der Waals surface area contributed by atoms with Gasteiger partial charge < -0.3 is 10.4 Å². The van der Waals surface area contributed by atoms with Crippen molar-refractivity contribution in [3.63, 3.8) is 0 Å². The number of benzene rings is 1. The van der Waals surface area contributed by atoms with Gasteiger partial charge in [0.15, 0.2) is 0 Å². The number of hydrogen-bond acceptors (Lipinski definition) is 3. The summed E-state index contributed by atoms with van der Waals surface area (Å²) in [5, 5.41) is 12.9. The van der Waals surface area contributed by atoms with Crippen LogP contribution in [0.4, 0.5) is 0 Å². The van der Waals surface area contributed by atoms with Crippen molar-refractivity contribution in [1.82, 2.24) is 5.32 Å². The van der Waals surface area contributed by atoms with Gasteiger partial charge in [0.25, 0.3) is 0 Å². The minimum atomic E-state index is -1.09. The van der Waals surface area contributed by atoms with E-state index in [2.05, 4.69) is 27.3 Å². The van der Waals surface area contributed by atoms with Crippen LogP contribution in [-0.2, 0) is 21.4 Å². The van der Waals surface area contributed by atoms with Crippen molar-refractivity contribution in [2.75, 3.05) is 0 Å². The Bertz CT molecular complexity index is 849. The highest BCUT2D eigenvalue weighted by molar-refractivity contribution is 9.11. The SMILES string of the molecule is O=C(CC1(C(=O)O)CCc2ccccc21)N[C@@H]1C[C@H]1c1ccc(Br)s1. The number of carboxylic acid groups (broad SMARTS) is 1. The molecular weight excluding hydrogens is 402 g/mol. The molecule has 0 aliphatic heterocycles. The highest BCUT2D eigenvalue weighted by atomic mass is 79.9. The van der Waals surface area contributed by atoms with Crippen LogP contribution in [0.25, 0.3) is 0 Å². The number of carbonyl (C=O) groups excluding carboxylic acids is 1. The van der Waals surface area contributed by atoms with Crippen molar-refractivity contribution < 1.29 is 14.7 Å². The molecule has 1 saturated carbocycles. The monoisotopic (exact) mass is 419 g/mol. The first-order valence-corrected chi connectivity index (χ1v) is 9.97. The van der Waals surface area contributed by atoms with Crippen molar-refractivity contribution in [3.05, 3.63) is 56.2 Å². The van der Waals surface area contributed by atoms with E-state index in [-0.39, 0.29) is 18.4 Å². The Labute approximate surface area is 158 Å². The summed E-state index contributed by atoms with van der Waals surface area (Å²) in [6.07, 6.45) is 2.14. The number of thiophene rings is 1. The lowest BCUT2D eigenvalue weighted by molar-refractivity contribution is -0.146. The van der Waals surface area contributed by atoms with Crippen LogP contribution in [0.5, 0.6) is 0 Å². The summed E-state index contributed by atoms with van der Waals surface area (Å²) in [6, 6.07) is 11.8. The van der Waals surface area contributed by atoms with Crippen LogP contribution in [0.15, 0.2) is 40.2 Å². The van der Waals surface area contributed by atoms with Crippen molar-refractivity contribution >= 4 is 39.1 Å². The zero-order valence-corrected chi connectivity index (χ0v) is 15.9. The Hall–Kier alpha value is -1.66.